The van der Waals surface area contributed by atoms with Crippen molar-refractivity contribution < 1.29 is 50.9 Å². The minimum Gasteiger partial charge on any atom is -0.475 e. The van der Waals surface area contributed by atoms with Crippen LogP contribution >= 0.6 is 11.3 Å². The molecule has 38 heavy (non-hydrogen) atoms. The molecule has 2 aromatic rings. The molecule has 3 N–H and O–H groups in total. The van der Waals surface area contributed by atoms with Crippen LogP contribution in [0.4, 0.5) is 26.3 Å². The highest BCUT2D eigenvalue weighted by Gasteiger charge is 2.39. The standard InChI is InChI=1S/C16H22N6OS.2C2HF3O2/c1-20-5-7-22(8-6-20)16(23)15-12-2-4-21(10-13(12)18-19-15)11-14-17-3-9-24-14;2*3-2(4,5)1(6)7/h3,9H,2,4-8,10-11H2,1H3,(H,18,19);2*(H,6,7). The number of hydrogen-bond acceptors (Lipinski definition) is 8. The van der Waals surface area contributed by atoms with E-state index in [1.165, 1.54) is 0 Å². The number of halogens is 6. The Labute approximate surface area is 215 Å². The van der Waals surface area contributed by atoms with E-state index in [1.54, 1.807) is 11.3 Å². The molecule has 18 heteroatoms. The largest absolute Gasteiger partial charge is 0.490 e. The number of aliphatic carboxylic acids is 2. The van der Waals surface area contributed by atoms with Crippen LogP contribution in [0.3, 0.4) is 0 Å². The number of carboxylic acid groups (broad SMARTS) is 2. The molecule has 212 valence electrons. The maximum Gasteiger partial charge on any atom is 0.490 e. The van der Waals surface area contributed by atoms with Crippen molar-refractivity contribution in [1.82, 2.24) is 29.9 Å². The summed E-state index contributed by atoms with van der Waals surface area (Å²) < 4.78 is 63.5. The van der Waals surface area contributed by atoms with Gasteiger partial charge in [-0.2, -0.15) is 31.4 Å². The summed E-state index contributed by atoms with van der Waals surface area (Å²) in [7, 11) is 2.09. The fraction of sp³-hybridized carbons (Fsp3) is 0.550. The van der Waals surface area contributed by atoms with E-state index >= 15 is 0 Å². The lowest BCUT2D eigenvalue weighted by Gasteiger charge is -2.32. The number of carbonyl (C=O) groups excluding carboxylic acids is 1. The van der Waals surface area contributed by atoms with Gasteiger partial charge in [0.2, 0.25) is 0 Å². The number of rotatable bonds is 3. The minimum absolute atomic E-state index is 0.0778. The molecule has 2 aromatic heterocycles. The van der Waals surface area contributed by atoms with Crippen LogP contribution in [0.1, 0.15) is 26.8 Å². The number of thiazole rings is 1. The van der Waals surface area contributed by atoms with Gasteiger partial charge >= 0.3 is 24.3 Å². The number of aromatic nitrogens is 3. The number of fused-ring (bicyclic) bond motifs is 1. The third kappa shape index (κ3) is 9.25. The van der Waals surface area contributed by atoms with Crippen molar-refractivity contribution in [2.45, 2.75) is 31.9 Å². The van der Waals surface area contributed by atoms with E-state index in [-0.39, 0.29) is 5.91 Å². The highest BCUT2D eigenvalue weighted by molar-refractivity contribution is 7.09. The van der Waals surface area contributed by atoms with Gasteiger partial charge in [-0.1, -0.05) is 0 Å². The van der Waals surface area contributed by atoms with E-state index in [1.807, 2.05) is 16.5 Å². The minimum atomic E-state index is -5.08. The summed E-state index contributed by atoms with van der Waals surface area (Å²) in [5.41, 5.74) is 2.81. The predicted octanol–water partition coefficient (Wildman–Crippen LogP) is 2.08. The van der Waals surface area contributed by atoms with Crippen molar-refractivity contribution in [2.75, 3.05) is 39.8 Å². The van der Waals surface area contributed by atoms with E-state index in [0.29, 0.717) is 5.69 Å². The monoisotopic (exact) mass is 574 g/mol. The van der Waals surface area contributed by atoms with Gasteiger partial charge in [-0.15, -0.1) is 11.3 Å². The molecule has 11 nitrogen and oxygen atoms in total. The van der Waals surface area contributed by atoms with Gasteiger partial charge in [-0.05, 0) is 13.5 Å². The fourth-order valence-corrected chi connectivity index (χ4v) is 4.03. The highest BCUT2D eigenvalue weighted by Crippen LogP contribution is 2.23. The second-order valence-electron chi connectivity index (χ2n) is 8.12. The van der Waals surface area contributed by atoms with Gasteiger partial charge in [0.05, 0.1) is 12.2 Å². The van der Waals surface area contributed by atoms with Crippen LogP contribution in [-0.4, -0.2) is 110 Å². The molecule has 0 spiro atoms. The summed E-state index contributed by atoms with van der Waals surface area (Å²) in [6.07, 6.45) is -7.45. The van der Waals surface area contributed by atoms with Crippen LogP contribution in [0, 0.1) is 0 Å². The van der Waals surface area contributed by atoms with Crippen molar-refractivity contribution in [2.24, 2.45) is 0 Å². The number of carboxylic acids is 2. The maximum absolute atomic E-state index is 12.8. The number of carbonyl (C=O) groups is 3. The zero-order chi connectivity index (χ0) is 28.7. The van der Waals surface area contributed by atoms with E-state index < -0.39 is 24.3 Å². The quantitative estimate of drug-likeness (QED) is 0.470. The Kier molecular flexibility index (Phi) is 10.6. The van der Waals surface area contributed by atoms with E-state index in [2.05, 4.69) is 32.0 Å². The summed E-state index contributed by atoms with van der Waals surface area (Å²) in [6, 6.07) is 0. The first kappa shape index (κ1) is 31.0. The molecular weight excluding hydrogens is 550 g/mol. The van der Waals surface area contributed by atoms with Crippen molar-refractivity contribution in [3.8, 4) is 0 Å². The number of hydrogen-bond donors (Lipinski definition) is 3. The second kappa shape index (κ2) is 13.0. The van der Waals surface area contributed by atoms with Crippen molar-refractivity contribution in [3.63, 3.8) is 0 Å². The summed E-state index contributed by atoms with van der Waals surface area (Å²) in [4.78, 5) is 41.5. The molecular formula is C20H24F6N6O5S. The highest BCUT2D eigenvalue weighted by atomic mass is 32.1. The lowest BCUT2D eigenvalue weighted by Crippen LogP contribution is -2.47. The van der Waals surface area contributed by atoms with Gasteiger partial charge in [0, 0.05) is 56.4 Å². The van der Waals surface area contributed by atoms with Gasteiger partial charge in [-0.25, -0.2) is 14.6 Å². The Morgan fingerprint density at radius 3 is 2.03 bits per heavy atom. The van der Waals surface area contributed by atoms with Gasteiger partial charge in [0.1, 0.15) is 5.01 Å². The van der Waals surface area contributed by atoms with Crippen molar-refractivity contribution in [1.29, 1.82) is 0 Å². The SMILES string of the molecule is CN1CCN(C(=O)c2n[nH]c3c2CCN(Cc2nccs2)C3)CC1.O=C(O)C(F)(F)F.O=C(O)C(F)(F)F. The third-order valence-electron chi connectivity index (χ3n) is 5.33. The molecule has 0 saturated carbocycles. The average Bonchev–Trinajstić information content (AvgIpc) is 3.48. The van der Waals surface area contributed by atoms with E-state index in [4.69, 9.17) is 19.8 Å². The van der Waals surface area contributed by atoms with Gasteiger partial charge in [0.25, 0.3) is 5.91 Å². The number of H-pyrrole nitrogens is 1. The Morgan fingerprint density at radius 2 is 1.55 bits per heavy atom. The zero-order valence-corrected chi connectivity index (χ0v) is 20.7. The lowest BCUT2D eigenvalue weighted by molar-refractivity contribution is -0.193. The summed E-state index contributed by atoms with van der Waals surface area (Å²) >= 11 is 1.68. The van der Waals surface area contributed by atoms with Gasteiger partial charge < -0.3 is 20.0 Å². The van der Waals surface area contributed by atoms with Crippen LogP contribution in [0.25, 0.3) is 0 Å². The predicted molar refractivity (Wildman–Crippen MR) is 119 cm³/mol. The van der Waals surface area contributed by atoms with Crippen molar-refractivity contribution in [3.05, 3.63) is 33.5 Å². The van der Waals surface area contributed by atoms with Crippen LogP contribution in [-0.2, 0) is 29.1 Å². The molecule has 0 atom stereocenters. The molecule has 4 rings (SSSR count). The van der Waals surface area contributed by atoms with E-state index in [0.717, 1.165) is 68.5 Å². The maximum atomic E-state index is 12.8. The smallest absolute Gasteiger partial charge is 0.475 e. The number of alkyl halides is 6. The number of likely N-dealkylation sites (N-methyl/N-ethyl adjacent to an activating group) is 1. The number of piperazine rings is 1. The van der Waals surface area contributed by atoms with Crippen LogP contribution in [0.5, 0.6) is 0 Å². The molecule has 0 aromatic carbocycles. The first-order valence-electron chi connectivity index (χ1n) is 10.8. The van der Waals surface area contributed by atoms with Crippen LogP contribution in [0.2, 0.25) is 0 Å². The zero-order valence-electron chi connectivity index (χ0n) is 19.8. The number of nitrogens with one attached hydrogen (secondary N) is 1. The number of nitrogens with zero attached hydrogens (tertiary/aromatic N) is 5. The molecule has 2 aliphatic rings. The van der Waals surface area contributed by atoms with Gasteiger partial charge in [0.15, 0.2) is 5.69 Å². The first-order valence-corrected chi connectivity index (χ1v) is 11.7. The third-order valence-corrected chi connectivity index (χ3v) is 6.10. The first-order chi connectivity index (χ1) is 17.6. The van der Waals surface area contributed by atoms with Crippen molar-refractivity contribution >= 4 is 29.2 Å². The molecule has 4 heterocycles. The molecule has 0 unspecified atom stereocenters. The molecule has 1 saturated heterocycles. The number of amides is 1. The topological polar surface area (TPSA) is 143 Å². The fourth-order valence-electron chi connectivity index (χ4n) is 3.37. The molecule has 0 bridgehead atoms. The Balaban J connectivity index is 0.000000301. The molecule has 0 radical (unpaired) electrons. The Bertz CT molecular complexity index is 1060. The average molecular weight is 575 g/mol. The lowest BCUT2D eigenvalue weighted by atomic mass is 10.0. The summed E-state index contributed by atoms with van der Waals surface area (Å²) in [5, 5.41) is 24.8. The van der Waals surface area contributed by atoms with Crippen LogP contribution < -0.4 is 0 Å². The molecule has 2 aliphatic heterocycles. The van der Waals surface area contributed by atoms with Crippen LogP contribution in [0.15, 0.2) is 11.6 Å². The molecule has 0 aliphatic carbocycles. The Hall–Kier alpha value is -3.25. The number of aromatic amines is 1. The normalized spacial score (nSPS) is 16.4. The van der Waals surface area contributed by atoms with E-state index in [9.17, 15) is 31.1 Å². The summed E-state index contributed by atoms with van der Waals surface area (Å²) in [5.74, 6) is -5.44. The molecule has 1 fully saturated rings. The second-order valence-corrected chi connectivity index (χ2v) is 9.10. The summed E-state index contributed by atoms with van der Waals surface area (Å²) in [6.45, 7) is 6.03. The van der Waals surface area contributed by atoms with Gasteiger partial charge in [-0.3, -0.25) is 14.8 Å². The Morgan fingerprint density at radius 1 is 1.00 bits per heavy atom. The molecule has 1 amide bonds.